The molecule has 0 fully saturated rings. The fourth-order valence-electron chi connectivity index (χ4n) is 2.49. The van der Waals surface area contributed by atoms with Gasteiger partial charge < -0.3 is 4.90 Å². The summed E-state index contributed by atoms with van der Waals surface area (Å²) in [5.74, 6) is -0.882. The van der Waals surface area contributed by atoms with Crippen molar-refractivity contribution in [3.05, 3.63) is 29.3 Å². The van der Waals surface area contributed by atoms with E-state index < -0.39 is 17.1 Å². The van der Waals surface area contributed by atoms with E-state index in [2.05, 4.69) is 6.07 Å². The lowest BCUT2D eigenvalue weighted by atomic mass is 9.90. The Bertz CT molecular complexity index is 611. The minimum atomic E-state index is -0.455. The van der Waals surface area contributed by atoms with E-state index in [1.807, 2.05) is 26.8 Å². The summed E-state index contributed by atoms with van der Waals surface area (Å²) in [5.41, 5.74) is 1.76. The number of carbonyl (C=O) groups excluding carboxylic acids is 2. The van der Waals surface area contributed by atoms with E-state index in [9.17, 15) is 9.59 Å². The van der Waals surface area contributed by atoms with Gasteiger partial charge in [0, 0.05) is 6.54 Å². The highest BCUT2D eigenvalue weighted by atomic mass is 16.2. The first-order valence-corrected chi connectivity index (χ1v) is 6.74. The van der Waals surface area contributed by atoms with Crippen LogP contribution in [0.15, 0.2) is 18.2 Å². The zero-order chi connectivity index (χ0) is 14.9. The second-order valence-corrected chi connectivity index (χ2v) is 5.86. The van der Waals surface area contributed by atoms with Crippen molar-refractivity contribution in [3.63, 3.8) is 0 Å². The third kappa shape index (κ3) is 2.44. The number of ketones is 1. The number of para-hydroxylation sites is 1. The number of Topliss-reactive ketones (excluding diaryl/α,β-unsaturated/α-hetero) is 1. The quantitative estimate of drug-likeness (QED) is 0.790. The van der Waals surface area contributed by atoms with Crippen LogP contribution in [0, 0.1) is 23.7 Å². The monoisotopic (exact) mass is 270 g/mol. The zero-order valence-electron chi connectivity index (χ0n) is 12.1. The first kappa shape index (κ1) is 14.3. The summed E-state index contributed by atoms with van der Waals surface area (Å²) in [6.45, 7) is 6.14. The number of aryl methyl sites for hydroxylation is 1. The van der Waals surface area contributed by atoms with Crippen LogP contribution in [0.25, 0.3) is 0 Å². The number of rotatable bonds is 4. The van der Waals surface area contributed by atoms with E-state index in [1.54, 1.807) is 17.0 Å². The van der Waals surface area contributed by atoms with Crippen molar-refractivity contribution in [2.24, 2.45) is 5.41 Å². The SMILES string of the molecule is Cc1cccc2c1N(CCCC(C)(C)C#N)C(=O)C2=O. The van der Waals surface area contributed by atoms with Gasteiger partial charge in [-0.1, -0.05) is 12.1 Å². The van der Waals surface area contributed by atoms with Crippen LogP contribution >= 0.6 is 0 Å². The van der Waals surface area contributed by atoms with Crippen LogP contribution in [0.1, 0.15) is 42.6 Å². The first-order valence-electron chi connectivity index (χ1n) is 6.74. The van der Waals surface area contributed by atoms with Crippen molar-refractivity contribution in [2.45, 2.75) is 33.6 Å². The second kappa shape index (κ2) is 5.09. The molecule has 0 unspecified atom stereocenters. The molecule has 0 saturated carbocycles. The van der Waals surface area contributed by atoms with Gasteiger partial charge >= 0.3 is 0 Å². The summed E-state index contributed by atoms with van der Waals surface area (Å²) in [5, 5.41) is 9.00. The van der Waals surface area contributed by atoms with Gasteiger partial charge in [-0.15, -0.1) is 0 Å². The Labute approximate surface area is 119 Å². The zero-order valence-corrected chi connectivity index (χ0v) is 12.1. The molecular formula is C16H18N2O2. The van der Waals surface area contributed by atoms with Crippen molar-refractivity contribution in [2.75, 3.05) is 11.4 Å². The lowest BCUT2D eigenvalue weighted by molar-refractivity contribution is -0.114. The Morgan fingerprint density at radius 3 is 2.65 bits per heavy atom. The van der Waals surface area contributed by atoms with Gasteiger partial charge in [-0.2, -0.15) is 5.26 Å². The highest BCUT2D eigenvalue weighted by molar-refractivity contribution is 6.52. The predicted octanol–water partition coefficient (Wildman–Crippen LogP) is 2.85. The van der Waals surface area contributed by atoms with E-state index in [0.717, 1.165) is 11.3 Å². The highest BCUT2D eigenvalue weighted by Crippen LogP contribution is 2.33. The lowest BCUT2D eigenvalue weighted by Crippen LogP contribution is -2.31. The summed E-state index contributed by atoms with van der Waals surface area (Å²) in [4.78, 5) is 25.5. The fourth-order valence-corrected chi connectivity index (χ4v) is 2.49. The maximum absolute atomic E-state index is 12.1. The first-order chi connectivity index (χ1) is 9.37. The number of hydrogen-bond donors (Lipinski definition) is 0. The van der Waals surface area contributed by atoms with Gasteiger partial charge in [-0.3, -0.25) is 9.59 Å². The second-order valence-electron chi connectivity index (χ2n) is 5.86. The molecule has 4 heteroatoms. The van der Waals surface area contributed by atoms with Crippen molar-refractivity contribution in [1.82, 2.24) is 0 Å². The van der Waals surface area contributed by atoms with Crippen LogP contribution in [0.4, 0.5) is 5.69 Å². The van der Waals surface area contributed by atoms with Gasteiger partial charge in [0.2, 0.25) is 0 Å². The third-order valence-electron chi connectivity index (χ3n) is 3.68. The van der Waals surface area contributed by atoms with E-state index >= 15 is 0 Å². The third-order valence-corrected chi connectivity index (χ3v) is 3.68. The Morgan fingerprint density at radius 2 is 2.00 bits per heavy atom. The Kier molecular flexibility index (Phi) is 3.63. The van der Waals surface area contributed by atoms with Crippen LogP contribution < -0.4 is 4.90 Å². The number of amides is 1. The smallest absolute Gasteiger partial charge is 0.299 e. The van der Waals surface area contributed by atoms with Gasteiger partial charge in [-0.25, -0.2) is 0 Å². The molecule has 20 heavy (non-hydrogen) atoms. The van der Waals surface area contributed by atoms with Crippen molar-refractivity contribution >= 4 is 17.4 Å². The number of benzene rings is 1. The highest BCUT2D eigenvalue weighted by Gasteiger charge is 2.36. The van der Waals surface area contributed by atoms with E-state index in [-0.39, 0.29) is 0 Å². The summed E-state index contributed by atoms with van der Waals surface area (Å²) < 4.78 is 0. The van der Waals surface area contributed by atoms with Gasteiger partial charge in [0.15, 0.2) is 0 Å². The maximum Gasteiger partial charge on any atom is 0.299 e. The summed E-state index contributed by atoms with van der Waals surface area (Å²) in [6.07, 6.45) is 1.40. The van der Waals surface area contributed by atoms with Gasteiger partial charge in [0.05, 0.1) is 22.7 Å². The number of nitriles is 1. The molecule has 0 bridgehead atoms. The molecule has 1 aliphatic rings. The van der Waals surface area contributed by atoms with Crippen LogP contribution in [-0.4, -0.2) is 18.2 Å². The molecule has 0 atom stereocenters. The largest absolute Gasteiger partial charge is 0.304 e. The Hall–Kier alpha value is -2.15. The molecule has 0 aliphatic carbocycles. The van der Waals surface area contributed by atoms with Crippen LogP contribution in [0.5, 0.6) is 0 Å². The maximum atomic E-state index is 12.1. The molecule has 104 valence electrons. The molecule has 1 aromatic rings. The predicted molar refractivity (Wildman–Crippen MR) is 76.5 cm³/mol. The molecule has 2 rings (SSSR count). The minimum absolute atomic E-state index is 0.401. The molecule has 0 N–H and O–H groups in total. The summed E-state index contributed by atoms with van der Waals surface area (Å²) >= 11 is 0. The number of anilines is 1. The van der Waals surface area contributed by atoms with Crippen molar-refractivity contribution in [1.29, 1.82) is 5.26 Å². The Morgan fingerprint density at radius 1 is 1.30 bits per heavy atom. The number of fused-ring (bicyclic) bond motifs is 1. The average molecular weight is 270 g/mol. The number of nitrogens with zero attached hydrogens (tertiary/aromatic N) is 2. The number of hydrogen-bond acceptors (Lipinski definition) is 3. The lowest BCUT2D eigenvalue weighted by Gasteiger charge is -2.21. The van der Waals surface area contributed by atoms with Gasteiger partial charge in [0.25, 0.3) is 11.7 Å². The molecule has 0 saturated heterocycles. The van der Waals surface area contributed by atoms with Gasteiger partial charge in [0.1, 0.15) is 0 Å². The molecule has 0 radical (unpaired) electrons. The van der Waals surface area contributed by atoms with E-state index in [0.29, 0.717) is 24.9 Å². The fraction of sp³-hybridized carbons (Fsp3) is 0.438. The van der Waals surface area contributed by atoms with Crippen molar-refractivity contribution in [3.8, 4) is 6.07 Å². The molecule has 1 aliphatic heterocycles. The van der Waals surface area contributed by atoms with Crippen LogP contribution in [0.2, 0.25) is 0 Å². The van der Waals surface area contributed by atoms with E-state index in [4.69, 9.17) is 5.26 Å². The topological polar surface area (TPSA) is 61.2 Å². The molecular weight excluding hydrogens is 252 g/mol. The Balaban J connectivity index is 2.17. The summed E-state index contributed by atoms with van der Waals surface area (Å²) in [6, 6.07) is 7.64. The molecule has 4 nitrogen and oxygen atoms in total. The van der Waals surface area contributed by atoms with E-state index in [1.165, 1.54) is 0 Å². The van der Waals surface area contributed by atoms with Crippen LogP contribution in [0.3, 0.4) is 0 Å². The van der Waals surface area contributed by atoms with Crippen LogP contribution in [-0.2, 0) is 4.79 Å². The molecule has 1 aromatic carbocycles. The summed E-state index contributed by atoms with van der Waals surface area (Å²) in [7, 11) is 0. The average Bonchev–Trinajstić information content (AvgIpc) is 2.65. The van der Waals surface area contributed by atoms with Gasteiger partial charge in [-0.05, 0) is 45.2 Å². The number of carbonyl (C=O) groups is 2. The molecule has 1 heterocycles. The molecule has 0 aromatic heterocycles. The minimum Gasteiger partial charge on any atom is -0.304 e. The molecule has 1 amide bonds. The van der Waals surface area contributed by atoms with Crippen molar-refractivity contribution < 1.29 is 9.59 Å². The normalized spacial score (nSPS) is 14.4. The standard InChI is InChI=1S/C16H18N2O2/c1-11-6-4-7-12-13(11)18(15(20)14(12)19)9-5-8-16(2,3)10-17/h4,6-7H,5,8-9H2,1-3H3. The molecule has 0 spiro atoms.